The molecule has 0 bridgehead atoms. The first-order valence-electron chi connectivity index (χ1n) is 7.62. The van der Waals surface area contributed by atoms with Crippen molar-refractivity contribution in [2.45, 2.75) is 12.8 Å². The maximum atomic E-state index is 12.3. The first-order valence-corrected chi connectivity index (χ1v) is 7.99. The summed E-state index contributed by atoms with van der Waals surface area (Å²) in [6, 6.07) is 12.7. The Hall–Kier alpha value is -2.66. The molecule has 0 saturated carbocycles. The summed E-state index contributed by atoms with van der Waals surface area (Å²) in [6.45, 7) is 0. The molecule has 0 radical (unpaired) electrons. The van der Waals surface area contributed by atoms with Gasteiger partial charge in [0.2, 0.25) is 5.78 Å². The van der Waals surface area contributed by atoms with Gasteiger partial charge in [0.1, 0.15) is 0 Å². The highest BCUT2D eigenvalue weighted by Crippen LogP contribution is 2.24. The van der Waals surface area contributed by atoms with E-state index in [1.54, 1.807) is 18.2 Å². The van der Waals surface area contributed by atoms with Crippen molar-refractivity contribution < 1.29 is 19.5 Å². The van der Waals surface area contributed by atoms with Gasteiger partial charge >= 0.3 is 5.97 Å². The number of rotatable bonds is 7. The van der Waals surface area contributed by atoms with E-state index >= 15 is 0 Å². The number of nitrogens with zero attached hydrogens (tertiary/aromatic N) is 1. The predicted octanol–water partition coefficient (Wildman–Crippen LogP) is 3.22. The highest BCUT2D eigenvalue weighted by atomic mass is 35.5. The second kappa shape index (κ2) is 7.94. The van der Waals surface area contributed by atoms with Gasteiger partial charge in [-0.05, 0) is 41.8 Å². The molecule has 130 valence electrons. The van der Waals surface area contributed by atoms with E-state index in [2.05, 4.69) is 0 Å². The molecule has 0 aliphatic heterocycles. The van der Waals surface area contributed by atoms with Crippen molar-refractivity contribution in [2.24, 2.45) is 0 Å². The number of ketones is 2. The van der Waals surface area contributed by atoms with E-state index in [-0.39, 0.29) is 0 Å². The zero-order valence-electron chi connectivity index (χ0n) is 14.0. The summed E-state index contributed by atoms with van der Waals surface area (Å²) >= 11 is 6.20. The lowest BCUT2D eigenvalue weighted by atomic mass is 9.98. The number of hydrogen-bond donors (Lipinski definition) is 1. The fraction of sp³-hybridized carbons (Fsp3) is 0.211. The minimum Gasteiger partial charge on any atom is -0.475 e. The zero-order chi connectivity index (χ0) is 18.6. The standard InChI is InChI=1S/C19H18ClNO4/c1-21(2)15-9-12(7-13-5-3-4-6-16(13)20)8-14(10-15)17(22)11-18(23)19(24)25/h3-6,8-10H,7,11H2,1-2H3,(H,24,25). The fourth-order valence-electron chi connectivity index (χ4n) is 2.38. The van der Waals surface area contributed by atoms with Gasteiger partial charge in [-0.2, -0.15) is 0 Å². The molecule has 0 amide bonds. The van der Waals surface area contributed by atoms with Crippen LogP contribution in [0.1, 0.15) is 27.9 Å². The predicted molar refractivity (Wildman–Crippen MR) is 96.6 cm³/mol. The fourth-order valence-corrected chi connectivity index (χ4v) is 2.58. The number of hydrogen-bond acceptors (Lipinski definition) is 4. The van der Waals surface area contributed by atoms with Crippen LogP contribution in [0.3, 0.4) is 0 Å². The molecule has 1 N–H and O–H groups in total. The molecule has 2 rings (SSSR count). The molecular weight excluding hydrogens is 342 g/mol. The van der Waals surface area contributed by atoms with E-state index in [1.807, 2.05) is 43.3 Å². The average Bonchev–Trinajstić information content (AvgIpc) is 2.56. The van der Waals surface area contributed by atoms with Crippen molar-refractivity contribution >= 4 is 34.8 Å². The van der Waals surface area contributed by atoms with Crippen LogP contribution < -0.4 is 4.90 Å². The second-order valence-corrected chi connectivity index (χ2v) is 6.29. The minimum atomic E-state index is -1.60. The van der Waals surface area contributed by atoms with Gasteiger partial charge in [0.15, 0.2) is 5.78 Å². The Bertz CT molecular complexity index is 830. The molecule has 0 spiro atoms. The van der Waals surface area contributed by atoms with Crippen molar-refractivity contribution in [3.05, 3.63) is 64.2 Å². The number of carboxylic acid groups (broad SMARTS) is 1. The molecule has 0 fully saturated rings. The third-order valence-electron chi connectivity index (χ3n) is 3.73. The summed E-state index contributed by atoms with van der Waals surface area (Å²) in [4.78, 5) is 36.1. The first kappa shape index (κ1) is 18.7. The molecule has 2 aromatic carbocycles. The van der Waals surface area contributed by atoms with Crippen LogP contribution >= 0.6 is 11.6 Å². The van der Waals surface area contributed by atoms with E-state index in [0.717, 1.165) is 16.8 Å². The van der Waals surface area contributed by atoms with Crippen LogP contribution in [0, 0.1) is 0 Å². The Labute approximate surface area is 150 Å². The van der Waals surface area contributed by atoms with Crippen molar-refractivity contribution in [1.29, 1.82) is 0 Å². The number of carbonyl (C=O) groups excluding carboxylic acids is 2. The van der Waals surface area contributed by atoms with Crippen LogP contribution in [-0.4, -0.2) is 36.7 Å². The van der Waals surface area contributed by atoms with Crippen molar-refractivity contribution in [1.82, 2.24) is 0 Å². The van der Waals surface area contributed by atoms with Crippen LogP contribution in [0.25, 0.3) is 0 Å². The number of halogens is 1. The van der Waals surface area contributed by atoms with E-state index < -0.39 is 24.0 Å². The van der Waals surface area contributed by atoms with E-state index in [9.17, 15) is 14.4 Å². The molecule has 2 aromatic rings. The average molecular weight is 360 g/mol. The van der Waals surface area contributed by atoms with Gasteiger partial charge in [0.05, 0.1) is 6.42 Å². The van der Waals surface area contributed by atoms with Gasteiger partial charge < -0.3 is 10.0 Å². The molecule has 0 heterocycles. The van der Waals surface area contributed by atoms with Crippen molar-refractivity contribution in [3.63, 3.8) is 0 Å². The summed E-state index contributed by atoms with van der Waals surface area (Å²) in [7, 11) is 3.68. The number of carbonyl (C=O) groups is 3. The van der Waals surface area contributed by atoms with E-state index in [1.165, 1.54) is 0 Å². The molecule has 0 aromatic heterocycles. The monoisotopic (exact) mass is 359 g/mol. The largest absolute Gasteiger partial charge is 0.475 e. The van der Waals surface area contributed by atoms with Gasteiger partial charge in [0, 0.05) is 30.4 Å². The maximum Gasteiger partial charge on any atom is 0.372 e. The smallest absolute Gasteiger partial charge is 0.372 e. The van der Waals surface area contributed by atoms with Gasteiger partial charge in [-0.25, -0.2) is 4.79 Å². The lowest BCUT2D eigenvalue weighted by Gasteiger charge is -2.16. The molecule has 0 aliphatic rings. The van der Waals surface area contributed by atoms with Gasteiger partial charge in [0.25, 0.3) is 0 Å². The van der Waals surface area contributed by atoms with Crippen LogP contribution in [0.4, 0.5) is 5.69 Å². The van der Waals surface area contributed by atoms with E-state index in [4.69, 9.17) is 16.7 Å². The molecule has 6 heteroatoms. The Morgan fingerprint density at radius 2 is 1.76 bits per heavy atom. The summed E-state index contributed by atoms with van der Waals surface area (Å²) in [5.41, 5.74) is 2.86. The van der Waals surface area contributed by atoms with Gasteiger partial charge in [-0.15, -0.1) is 0 Å². The quantitative estimate of drug-likeness (QED) is 0.466. The van der Waals surface area contributed by atoms with Crippen LogP contribution in [0.15, 0.2) is 42.5 Å². The lowest BCUT2D eigenvalue weighted by molar-refractivity contribution is -0.148. The summed E-state index contributed by atoms with van der Waals surface area (Å²) < 4.78 is 0. The van der Waals surface area contributed by atoms with Crippen LogP contribution in [0.5, 0.6) is 0 Å². The number of benzene rings is 2. The second-order valence-electron chi connectivity index (χ2n) is 5.88. The Balaban J connectivity index is 2.36. The number of anilines is 1. The van der Waals surface area contributed by atoms with Crippen molar-refractivity contribution in [2.75, 3.05) is 19.0 Å². The summed E-state index contributed by atoms with van der Waals surface area (Å²) in [5.74, 6) is -3.24. The third-order valence-corrected chi connectivity index (χ3v) is 4.10. The molecular formula is C19H18ClNO4. The molecule has 5 nitrogen and oxygen atoms in total. The molecule has 0 unspecified atom stereocenters. The zero-order valence-corrected chi connectivity index (χ0v) is 14.7. The summed E-state index contributed by atoms with van der Waals surface area (Å²) in [6.07, 6.45) is -0.133. The maximum absolute atomic E-state index is 12.3. The molecule has 25 heavy (non-hydrogen) atoms. The molecule has 0 atom stereocenters. The Morgan fingerprint density at radius 1 is 1.08 bits per heavy atom. The molecule has 0 saturated heterocycles. The Kier molecular flexibility index (Phi) is 5.93. The van der Waals surface area contributed by atoms with Crippen molar-refractivity contribution in [3.8, 4) is 0 Å². The van der Waals surface area contributed by atoms with Gasteiger partial charge in [-0.1, -0.05) is 29.8 Å². The molecule has 0 aliphatic carbocycles. The normalized spacial score (nSPS) is 10.4. The Morgan fingerprint density at radius 3 is 2.36 bits per heavy atom. The van der Waals surface area contributed by atoms with Crippen LogP contribution in [0.2, 0.25) is 5.02 Å². The minimum absolute atomic E-state index is 0.308. The number of aliphatic carboxylic acids is 1. The highest BCUT2D eigenvalue weighted by molar-refractivity contribution is 6.37. The first-order chi connectivity index (χ1) is 11.8. The summed E-state index contributed by atoms with van der Waals surface area (Å²) in [5, 5.41) is 9.31. The topological polar surface area (TPSA) is 74.7 Å². The number of carboxylic acids is 1. The van der Waals surface area contributed by atoms with E-state index in [0.29, 0.717) is 17.0 Å². The SMILES string of the molecule is CN(C)c1cc(Cc2ccccc2Cl)cc(C(=O)CC(=O)C(=O)O)c1. The van der Waals surface area contributed by atoms with Crippen LogP contribution in [-0.2, 0) is 16.0 Å². The number of Topliss-reactive ketones (excluding diaryl/α,β-unsaturated/α-hetero) is 2. The third kappa shape index (κ3) is 4.90. The van der Waals surface area contributed by atoms with Gasteiger partial charge in [-0.3, -0.25) is 9.59 Å². The highest BCUT2D eigenvalue weighted by Gasteiger charge is 2.19. The lowest BCUT2D eigenvalue weighted by Crippen LogP contribution is -2.18.